The zero-order valence-corrected chi connectivity index (χ0v) is 15.8. The highest BCUT2D eigenvalue weighted by Crippen LogP contribution is 2.22. The van der Waals surface area contributed by atoms with E-state index in [2.05, 4.69) is 50.7 Å². The number of hydrogen-bond acceptors (Lipinski definition) is 5. The smallest absolute Gasteiger partial charge is 0.163 e. The number of ether oxygens (including phenoxy) is 1. The van der Waals surface area contributed by atoms with Gasteiger partial charge in [-0.15, -0.1) is 10.2 Å². The number of morpholine rings is 1. The molecule has 2 aliphatic rings. The molecule has 2 saturated heterocycles. The number of aromatic nitrogens is 3. The summed E-state index contributed by atoms with van der Waals surface area (Å²) in [6, 6.07) is 11.0. The minimum Gasteiger partial charge on any atom is -0.376 e. The Morgan fingerprint density at radius 3 is 2.58 bits per heavy atom. The van der Waals surface area contributed by atoms with Gasteiger partial charge < -0.3 is 9.30 Å². The summed E-state index contributed by atoms with van der Waals surface area (Å²) in [7, 11) is 2.07. The van der Waals surface area contributed by atoms with Gasteiger partial charge in [0.2, 0.25) is 0 Å². The van der Waals surface area contributed by atoms with Crippen molar-refractivity contribution in [1.82, 2.24) is 24.6 Å². The second-order valence-corrected chi connectivity index (χ2v) is 7.55. The van der Waals surface area contributed by atoms with Crippen LogP contribution >= 0.6 is 0 Å². The molecular weight excluding hydrogens is 326 g/mol. The van der Waals surface area contributed by atoms with Crippen LogP contribution in [0.3, 0.4) is 0 Å². The molecule has 6 heteroatoms. The summed E-state index contributed by atoms with van der Waals surface area (Å²) in [4.78, 5) is 5.14. The highest BCUT2D eigenvalue weighted by Gasteiger charge is 2.28. The number of benzene rings is 1. The maximum atomic E-state index is 5.68. The lowest BCUT2D eigenvalue weighted by atomic mass is 10.0. The Bertz CT molecular complexity index is 708. The normalized spacial score (nSPS) is 23.4. The number of rotatable bonds is 4. The highest BCUT2D eigenvalue weighted by molar-refractivity contribution is 5.54. The number of piperidine rings is 1. The Labute approximate surface area is 155 Å². The molecule has 0 saturated carbocycles. The largest absolute Gasteiger partial charge is 0.376 e. The molecule has 0 radical (unpaired) electrons. The molecule has 1 atom stereocenters. The number of nitrogens with zero attached hydrogens (tertiary/aromatic N) is 5. The second kappa shape index (κ2) is 7.86. The molecule has 140 valence electrons. The van der Waals surface area contributed by atoms with Gasteiger partial charge in [0.15, 0.2) is 5.82 Å². The molecule has 0 N–H and O–H groups in total. The molecule has 2 aromatic rings. The number of hydrogen-bond donors (Lipinski definition) is 0. The summed E-state index contributed by atoms with van der Waals surface area (Å²) < 4.78 is 7.81. The third-order valence-electron chi connectivity index (χ3n) is 5.71. The van der Waals surface area contributed by atoms with Crippen LogP contribution < -0.4 is 0 Å². The predicted molar refractivity (Wildman–Crippen MR) is 102 cm³/mol. The summed E-state index contributed by atoms with van der Waals surface area (Å²) in [5.41, 5.74) is 1.12. The first kappa shape index (κ1) is 17.6. The maximum absolute atomic E-state index is 5.68. The Hall–Kier alpha value is -1.76. The Kier molecular flexibility index (Phi) is 5.33. The van der Waals surface area contributed by atoms with E-state index in [0.717, 1.165) is 56.5 Å². The lowest BCUT2D eigenvalue weighted by Gasteiger charge is -2.41. The van der Waals surface area contributed by atoms with Gasteiger partial charge in [0.1, 0.15) is 5.82 Å². The monoisotopic (exact) mass is 355 g/mol. The summed E-state index contributed by atoms with van der Waals surface area (Å²) in [5.74, 6) is 1.99. The van der Waals surface area contributed by atoms with Crippen LogP contribution in [0, 0.1) is 0 Å². The van der Waals surface area contributed by atoms with Crippen molar-refractivity contribution in [2.24, 2.45) is 7.05 Å². The van der Waals surface area contributed by atoms with Gasteiger partial charge in [0.25, 0.3) is 0 Å². The molecule has 0 aliphatic carbocycles. The van der Waals surface area contributed by atoms with E-state index in [1.165, 1.54) is 12.8 Å². The van der Waals surface area contributed by atoms with Crippen molar-refractivity contribution in [3.8, 4) is 11.4 Å². The fraction of sp³-hybridized carbons (Fsp3) is 0.600. The van der Waals surface area contributed by atoms with Crippen molar-refractivity contribution in [3.63, 3.8) is 0 Å². The molecule has 0 bridgehead atoms. The summed E-state index contributed by atoms with van der Waals surface area (Å²) in [6.07, 6.45) is 2.84. The van der Waals surface area contributed by atoms with Crippen LogP contribution in [0.25, 0.3) is 11.4 Å². The Balaban J connectivity index is 1.34. The van der Waals surface area contributed by atoms with Crippen LogP contribution in [0.2, 0.25) is 0 Å². The minimum atomic E-state index is 0.372. The van der Waals surface area contributed by atoms with Crippen molar-refractivity contribution in [2.75, 3.05) is 32.8 Å². The molecule has 1 aromatic carbocycles. The first-order chi connectivity index (χ1) is 12.7. The molecule has 26 heavy (non-hydrogen) atoms. The third-order valence-corrected chi connectivity index (χ3v) is 5.71. The zero-order chi connectivity index (χ0) is 17.9. The first-order valence-corrected chi connectivity index (χ1v) is 9.72. The quantitative estimate of drug-likeness (QED) is 0.841. The van der Waals surface area contributed by atoms with E-state index in [1.54, 1.807) is 0 Å². The van der Waals surface area contributed by atoms with E-state index in [9.17, 15) is 0 Å². The van der Waals surface area contributed by atoms with Crippen molar-refractivity contribution in [1.29, 1.82) is 0 Å². The van der Waals surface area contributed by atoms with Crippen molar-refractivity contribution in [3.05, 3.63) is 36.2 Å². The van der Waals surface area contributed by atoms with Crippen molar-refractivity contribution >= 4 is 0 Å². The summed E-state index contributed by atoms with van der Waals surface area (Å²) >= 11 is 0. The number of likely N-dealkylation sites (tertiary alicyclic amines) is 1. The molecule has 2 fully saturated rings. The molecule has 2 aliphatic heterocycles. The minimum absolute atomic E-state index is 0.372. The van der Waals surface area contributed by atoms with Crippen LogP contribution in [0.5, 0.6) is 0 Å². The average molecular weight is 355 g/mol. The predicted octanol–water partition coefficient (Wildman–Crippen LogP) is 2.17. The Morgan fingerprint density at radius 1 is 1.08 bits per heavy atom. The van der Waals surface area contributed by atoms with Gasteiger partial charge in [0.05, 0.1) is 19.3 Å². The SMILES string of the molecule is C[C@H]1CN(C2CCN(Cc3nnc(-c4ccccc4)n3C)CC2)CCO1. The van der Waals surface area contributed by atoms with Crippen LogP contribution in [0.4, 0.5) is 0 Å². The maximum Gasteiger partial charge on any atom is 0.163 e. The van der Waals surface area contributed by atoms with Crippen LogP contribution in [0.15, 0.2) is 30.3 Å². The van der Waals surface area contributed by atoms with E-state index in [-0.39, 0.29) is 0 Å². The van der Waals surface area contributed by atoms with Gasteiger partial charge in [-0.1, -0.05) is 30.3 Å². The van der Waals surface area contributed by atoms with Gasteiger partial charge in [0, 0.05) is 44.8 Å². The molecule has 3 heterocycles. The molecule has 0 amide bonds. The molecule has 6 nitrogen and oxygen atoms in total. The van der Waals surface area contributed by atoms with Gasteiger partial charge >= 0.3 is 0 Å². The molecular formula is C20H29N5O. The van der Waals surface area contributed by atoms with E-state index in [4.69, 9.17) is 4.74 Å². The second-order valence-electron chi connectivity index (χ2n) is 7.55. The van der Waals surface area contributed by atoms with E-state index in [1.807, 2.05) is 18.2 Å². The topological polar surface area (TPSA) is 46.4 Å². The molecule has 4 rings (SSSR count). The summed E-state index contributed by atoms with van der Waals surface area (Å²) in [6.45, 7) is 8.35. The molecule has 1 aromatic heterocycles. The van der Waals surface area contributed by atoms with E-state index in [0.29, 0.717) is 12.1 Å². The van der Waals surface area contributed by atoms with E-state index < -0.39 is 0 Å². The van der Waals surface area contributed by atoms with Gasteiger partial charge in [-0.05, 0) is 19.8 Å². The molecule has 0 spiro atoms. The van der Waals surface area contributed by atoms with Gasteiger partial charge in [-0.25, -0.2) is 0 Å². The lowest BCUT2D eigenvalue weighted by Crippen LogP contribution is -2.50. The standard InChI is InChI=1S/C20H29N5O/c1-16-14-25(12-13-26-16)18-8-10-24(11-9-18)15-19-21-22-20(23(19)2)17-6-4-3-5-7-17/h3-7,16,18H,8-15H2,1-2H3/t16-/m0/s1. The average Bonchev–Trinajstić information content (AvgIpc) is 3.03. The molecule has 0 unspecified atom stereocenters. The van der Waals surface area contributed by atoms with Crippen LogP contribution in [0.1, 0.15) is 25.6 Å². The van der Waals surface area contributed by atoms with Gasteiger partial charge in [-0.3, -0.25) is 9.80 Å². The first-order valence-electron chi connectivity index (χ1n) is 9.72. The Morgan fingerprint density at radius 2 is 1.85 bits per heavy atom. The van der Waals surface area contributed by atoms with Crippen LogP contribution in [-0.2, 0) is 18.3 Å². The fourth-order valence-electron chi connectivity index (χ4n) is 4.16. The summed E-state index contributed by atoms with van der Waals surface area (Å²) in [5, 5.41) is 8.86. The van der Waals surface area contributed by atoms with Gasteiger partial charge in [-0.2, -0.15) is 0 Å². The van der Waals surface area contributed by atoms with Crippen molar-refractivity contribution in [2.45, 2.75) is 38.5 Å². The fourth-order valence-corrected chi connectivity index (χ4v) is 4.16. The highest BCUT2D eigenvalue weighted by atomic mass is 16.5. The third kappa shape index (κ3) is 3.82. The van der Waals surface area contributed by atoms with E-state index >= 15 is 0 Å². The zero-order valence-electron chi connectivity index (χ0n) is 15.8. The lowest BCUT2D eigenvalue weighted by molar-refractivity contribution is -0.0438. The van der Waals surface area contributed by atoms with Crippen LogP contribution in [-0.4, -0.2) is 69.5 Å². The van der Waals surface area contributed by atoms with Crippen molar-refractivity contribution < 1.29 is 4.74 Å².